The Morgan fingerprint density at radius 1 is 1.29 bits per heavy atom. The molecule has 112 valence electrons. The van der Waals surface area contributed by atoms with Crippen molar-refractivity contribution in [1.29, 1.82) is 0 Å². The Balaban J connectivity index is 2.61. The fourth-order valence-electron chi connectivity index (χ4n) is 1.41. The van der Waals surface area contributed by atoms with Gasteiger partial charge in [-0.25, -0.2) is 17.9 Å². The third kappa shape index (κ3) is 5.25. The molecule has 0 saturated carbocycles. The summed E-state index contributed by atoms with van der Waals surface area (Å²) in [5, 5.41) is 10.9. The summed E-state index contributed by atoms with van der Waals surface area (Å²) in [6, 6.07) is 6.24. The molecule has 0 radical (unpaired) electrons. The van der Waals surface area contributed by atoms with Gasteiger partial charge in [0.05, 0.1) is 11.4 Å². The van der Waals surface area contributed by atoms with Gasteiger partial charge in [0.1, 0.15) is 6.04 Å². The largest absolute Gasteiger partial charge is 0.480 e. The number of aliphatic carboxylic acids is 1. The number of carboxylic acid groups (broad SMARTS) is 1. The minimum absolute atomic E-state index is 0.0104. The van der Waals surface area contributed by atoms with Crippen LogP contribution < -0.4 is 10.0 Å². The first-order valence-corrected chi connectivity index (χ1v) is 7.35. The maximum atomic E-state index is 11.8. The van der Waals surface area contributed by atoms with Gasteiger partial charge in [0, 0.05) is 6.42 Å². The van der Waals surface area contributed by atoms with Crippen LogP contribution in [0.4, 0.5) is 0 Å². The van der Waals surface area contributed by atoms with Gasteiger partial charge in [-0.05, 0) is 12.1 Å². The Hall–Kier alpha value is -2.37. The highest BCUT2D eigenvalue weighted by molar-refractivity contribution is 7.89. The molecule has 1 unspecified atom stereocenters. The van der Waals surface area contributed by atoms with Crippen molar-refractivity contribution in [3.8, 4) is 12.3 Å². The Morgan fingerprint density at radius 2 is 1.90 bits per heavy atom. The van der Waals surface area contributed by atoms with E-state index in [9.17, 15) is 18.0 Å². The minimum Gasteiger partial charge on any atom is -0.480 e. The van der Waals surface area contributed by atoms with Gasteiger partial charge in [-0.2, -0.15) is 0 Å². The zero-order chi connectivity index (χ0) is 15.9. The molecule has 1 aromatic rings. The number of sulfonamides is 1. The van der Waals surface area contributed by atoms with Crippen molar-refractivity contribution >= 4 is 21.9 Å². The highest BCUT2D eigenvalue weighted by atomic mass is 32.2. The van der Waals surface area contributed by atoms with Gasteiger partial charge in [-0.3, -0.25) is 4.79 Å². The Kier molecular flexibility index (Phi) is 5.90. The Bertz CT molecular complexity index is 649. The molecule has 21 heavy (non-hydrogen) atoms. The lowest BCUT2D eigenvalue weighted by Crippen LogP contribution is -2.45. The molecule has 0 heterocycles. The summed E-state index contributed by atoms with van der Waals surface area (Å²) >= 11 is 0. The van der Waals surface area contributed by atoms with Crippen molar-refractivity contribution in [2.75, 3.05) is 6.54 Å². The third-order valence-corrected chi connectivity index (χ3v) is 3.85. The number of amides is 1. The monoisotopic (exact) mass is 310 g/mol. The molecule has 1 aromatic carbocycles. The molecule has 0 spiro atoms. The molecule has 7 nitrogen and oxygen atoms in total. The van der Waals surface area contributed by atoms with Crippen molar-refractivity contribution in [3.63, 3.8) is 0 Å². The summed E-state index contributed by atoms with van der Waals surface area (Å²) in [6.07, 6.45) is 4.80. The molecule has 0 aliphatic carbocycles. The van der Waals surface area contributed by atoms with Crippen LogP contribution in [0, 0.1) is 12.3 Å². The SMILES string of the molecule is C#CCC(NC(=O)CNS(=O)(=O)c1ccccc1)C(=O)O. The topological polar surface area (TPSA) is 113 Å². The van der Waals surface area contributed by atoms with Crippen molar-refractivity contribution in [3.05, 3.63) is 30.3 Å². The zero-order valence-corrected chi connectivity index (χ0v) is 11.8. The third-order valence-electron chi connectivity index (χ3n) is 2.43. The van der Waals surface area contributed by atoms with E-state index in [-0.39, 0.29) is 11.3 Å². The van der Waals surface area contributed by atoms with Crippen molar-refractivity contribution in [1.82, 2.24) is 10.0 Å². The van der Waals surface area contributed by atoms with E-state index in [0.717, 1.165) is 0 Å². The zero-order valence-electron chi connectivity index (χ0n) is 10.9. The maximum Gasteiger partial charge on any atom is 0.327 e. The molecular weight excluding hydrogens is 296 g/mol. The molecule has 0 fully saturated rings. The second kappa shape index (κ2) is 7.42. The first-order chi connectivity index (χ1) is 9.86. The average Bonchev–Trinajstić information content (AvgIpc) is 2.45. The minimum atomic E-state index is -3.82. The average molecular weight is 310 g/mol. The van der Waals surface area contributed by atoms with Gasteiger partial charge in [-0.1, -0.05) is 18.2 Å². The lowest BCUT2D eigenvalue weighted by Gasteiger charge is -2.12. The number of nitrogens with one attached hydrogen (secondary N) is 2. The van der Waals surface area contributed by atoms with Crippen LogP contribution in [-0.2, 0) is 19.6 Å². The standard InChI is InChI=1S/C13H14N2O5S/c1-2-6-11(13(17)18)15-12(16)9-14-21(19,20)10-7-4-3-5-8-10/h1,3-5,7-8,11,14H,6,9H2,(H,15,16)(H,17,18). The van der Waals surface area contributed by atoms with Crippen LogP contribution in [0.5, 0.6) is 0 Å². The summed E-state index contributed by atoms with van der Waals surface area (Å²) in [5.74, 6) is 0.0531. The van der Waals surface area contributed by atoms with Crippen LogP contribution in [-0.4, -0.2) is 38.0 Å². The van der Waals surface area contributed by atoms with E-state index in [0.29, 0.717) is 0 Å². The second-order valence-electron chi connectivity index (χ2n) is 4.00. The van der Waals surface area contributed by atoms with Crippen molar-refractivity contribution in [2.45, 2.75) is 17.4 Å². The van der Waals surface area contributed by atoms with Gasteiger partial charge in [0.2, 0.25) is 15.9 Å². The fourth-order valence-corrected chi connectivity index (χ4v) is 2.41. The molecule has 3 N–H and O–H groups in total. The molecule has 0 aliphatic rings. The van der Waals surface area contributed by atoms with Crippen molar-refractivity contribution < 1.29 is 23.1 Å². The van der Waals surface area contributed by atoms with Gasteiger partial charge < -0.3 is 10.4 Å². The maximum absolute atomic E-state index is 11.8. The van der Waals surface area contributed by atoms with Crippen LogP contribution in [0.25, 0.3) is 0 Å². The van der Waals surface area contributed by atoms with Gasteiger partial charge in [-0.15, -0.1) is 12.3 Å². The number of carbonyl (C=O) groups excluding carboxylic acids is 1. The van der Waals surface area contributed by atoms with Crippen LogP contribution in [0.3, 0.4) is 0 Å². The Labute approximate surface area is 122 Å². The van der Waals surface area contributed by atoms with Gasteiger partial charge in [0.25, 0.3) is 0 Å². The van der Waals surface area contributed by atoms with E-state index in [4.69, 9.17) is 11.5 Å². The van der Waals surface area contributed by atoms with Crippen molar-refractivity contribution in [2.24, 2.45) is 0 Å². The normalized spacial score (nSPS) is 12.1. The molecule has 1 amide bonds. The van der Waals surface area contributed by atoms with Crippen LogP contribution >= 0.6 is 0 Å². The Morgan fingerprint density at radius 3 is 2.43 bits per heavy atom. The predicted octanol–water partition coefficient (Wildman–Crippen LogP) is -0.442. The number of carbonyl (C=O) groups is 2. The first-order valence-electron chi connectivity index (χ1n) is 5.87. The lowest BCUT2D eigenvalue weighted by atomic mass is 10.2. The van der Waals surface area contributed by atoms with E-state index >= 15 is 0 Å². The highest BCUT2D eigenvalue weighted by Gasteiger charge is 2.20. The summed E-state index contributed by atoms with van der Waals surface area (Å²) in [7, 11) is -3.82. The molecule has 1 rings (SSSR count). The number of benzene rings is 1. The molecule has 0 saturated heterocycles. The summed E-state index contributed by atoms with van der Waals surface area (Å²) in [5.41, 5.74) is 0. The molecule has 1 atom stereocenters. The van der Waals surface area contributed by atoms with E-state index in [2.05, 4.69) is 16.0 Å². The number of hydrogen-bond donors (Lipinski definition) is 3. The predicted molar refractivity (Wildman–Crippen MR) is 74.6 cm³/mol. The van der Waals surface area contributed by atoms with E-state index in [1.54, 1.807) is 18.2 Å². The van der Waals surface area contributed by atoms with Crippen LogP contribution in [0.15, 0.2) is 35.2 Å². The fraction of sp³-hybridized carbons (Fsp3) is 0.231. The molecule has 0 aliphatic heterocycles. The highest BCUT2D eigenvalue weighted by Crippen LogP contribution is 2.06. The molecule has 8 heteroatoms. The number of hydrogen-bond acceptors (Lipinski definition) is 4. The lowest BCUT2D eigenvalue weighted by molar-refractivity contribution is -0.141. The van der Waals surface area contributed by atoms with Crippen LogP contribution in [0.1, 0.15) is 6.42 Å². The molecular formula is C13H14N2O5S. The number of rotatable bonds is 7. The van der Waals surface area contributed by atoms with E-state index in [1.165, 1.54) is 12.1 Å². The quantitative estimate of drug-likeness (QED) is 0.591. The van der Waals surface area contributed by atoms with E-state index < -0.39 is 34.5 Å². The van der Waals surface area contributed by atoms with Gasteiger partial charge >= 0.3 is 5.97 Å². The second-order valence-corrected chi connectivity index (χ2v) is 5.77. The molecule has 0 bridgehead atoms. The summed E-state index contributed by atoms with van der Waals surface area (Å²) in [6.45, 7) is -0.578. The summed E-state index contributed by atoms with van der Waals surface area (Å²) < 4.78 is 25.8. The molecule has 0 aromatic heterocycles. The number of carboxylic acids is 1. The number of terminal acetylenes is 1. The summed E-state index contributed by atoms with van der Waals surface area (Å²) in [4.78, 5) is 22.3. The van der Waals surface area contributed by atoms with Crippen LogP contribution in [0.2, 0.25) is 0 Å². The smallest absolute Gasteiger partial charge is 0.327 e. The van der Waals surface area contributed by atoms with E-state index in [1.807, 2.05) is 0 Å². The van der Waals surface area contributed by atoms with Gasteiger partial charge in [0.15, 0.2) is 0 Å². The first kappa shape index (κ1) is 16.7.